The molecule has 0 fully saturated rings. The lowest BCUT2D eigenvalue weighted by Crippen LogP contribution is -1.98. The number of hydrogen-bond donors (Lipinski definition) is 1. The molecule has 1 aromatic heterocycles. The SMILES string of the molecule is NCc1ccc(Cc2ccc(F)cc2)nc1. The zero-order valence-corrected chi connectivity index (χ0v) is 8.86. The van der Waals surface area contributed by atoms with Crippen molar-refractivity contribution in [3.05, 3.63) is 65.2 Å². The molecule has 2 rings (SSSR count). The van der Waals surface area contributed by atoms with Gasteiger partial charge in [-0.2, -0.15) is 0 Å². The van der Waals surface area contributed by atoms with Crippen molar-refractivity contribution in [2.45, 2.75) is 13.0 Å². The Balaban J connectivity index is 2.11. The Hall–Kier alpha value is -1.74. The van der Waals surface area contributed by atoms with Gasteiger partial charge in [0.2, 0.25) is 0 Å². The number of aromatic nitrogens is 1. The second-order valence-electron chi connectivity index (χ2n) is 3.67. The summed E-state index contributed by atoms with van der Waals surface area (Å²) in [5, 5.41) is 0. The molecule has 0 unspecified atom stereocenters. The van der Waals surface area contributed by atoms with Crippen molar-refractivity contribution in [1.82, 2.24) is 4.98 Å². The molecule has 0 aliphatic heterocycles. The van der Waals surface area contributed by atoms with Gasteiger partial charge in [-0.1, -0.05) is 18.2 Å². The summed E-state index contributed by atoms with van der Waals surface area (Å²) in [5.41, 5.74) is 8.52. The predicted molar refractivity (Wildman–Crippen MR) is 61.3 cm³/mol. The highest BCUT2D eigenvalue weighted by atomic mass is 19.1. The molecule has 0 atom stereocenters. The van der Waals surface area contributed by atoms with E-state index in [9.17, 15) is 4.39 Å². The lowest BCUT2D eigenvalue weighted by molar-refractivity contribution is 0.627. The molecule has 0 saturated carbocycles. The van der Waals surface area contributed by atoms with E-state index >= 15 is 0 Å². The van der Waals surface area contributed by atoms with Crippen molar-refractivity contribution in [1.29, 1.82) is 0 Å². The molecule has 0 amide bonds. The molecule has 82 valence electrons. The fraction of sp³-hybridized carbons (Fsp3) is 0.154. The standard InChI is InChI=1S/C13H13FN2/c14-12-4-1-10(2-5-12)7-13-6-3-11(8-15)9-16-13/h1-6,9H,7-8,15H2. The van der Waals surface area contributed by atoms with E-state index in [0.29, 0.717) is 13.0 Å². The Morgan fingerprint density at radius 2 is 1.69 bits per heavy atom. The van der Waals surface area contributed by atoms with Crippen LogP contribution >= 0.6 is 0 Å². The minimum Gasteiger partial charge on any atom is -0.326 e. The van der Waals surface area contributed by atoms with E-state index in [1.54, 1.807) is 18.3 Å². The largest absolute Gasteiger partial charge is 0.326 e. The molecule has 2 N–H and O–H groups in total. The van der Waals surface area contributed by atoms with Crippen molar-refractivity contribution in [3.8, 4) is 0 Å². The monoisotopic (exact) mass is 216 g/mol. The van der Waals surface area contributed by atoms with Gasteiger partial charge in [0.05, 0.1) is 0 Å². The number of rotatable bonds is 3. The molecule has 1 heterocycles. The van der Waals surface area contributed by atoms with E-state index in [-0.39, 0.29) is 5.82 Å². The van der Waals surface area contributed by atoms with Crippen molar-refractivity contribution < 1.29 is 4.39 Å². The number of nitrogens with zero attached hydrogens (tertiary/aromatic N) is 1. The second kappa shape index (κ2) is 4.86. The molecule has 1 aromatic carbocycles. The molecule has 0 radical (unpaired) electrons. The average Bonchev–Trinajstić information content (AvgIpc) is 2.33. The molecular formula is C13H13FN2. The van der Waals surface area contributed by atoms with E-state index in [1.807, 2.05) is 12.1 Å². The first-order valence-electron chi connectivity index (χ1n) is 5.16. The maximum absolute atomic E-state index is 12.7. The minimum atomic E-state index is -0.213. The van der Waals surface area contributed by atoms with Gasteiger partial charge in [-0.05, 0) is 29.3 Å². The Kier molecular flexibility index (Phi) is 3.27. The molecular weight excluding hydrogens is 203 g/mol. The summed E-state index contributed by atoms with van der Waals surface area (Å²) in [7, 11) is 0. The van der Waals surface area contributed by atoms with Gasteiger partial charge in [-0.25, -0.2) is 4.39 Å². The Morgan fingerprint density at radius 3 is 2.25 bits per heavy atom. The minimum absolute atomic E-state index is 0.213. The van der Waals surface area contributed by atoms with Crippen LogP contribution in [0.4, 0.5) is 4.39 Å². The van der Waals surface area contributed by atoms with Crippen LogP contribution in [0.3, 0.4) is 0 Å². The van der Waals surface area contributed by atoms with Crippen LogP contribution in [0, 0.1) is 5.82 Å². The summed E-state index contributed by atoms with van der Waals surface area (Å²) in [6.07, 6.45) is 2.49. The van der Waals surface area contributed by atoms with Gasteiger partial charge < -0.3 is 5.73 Å². The molecule has 0 saturated heterocycles. The van der Waals surface area contributed by atoms with Crippen molar-refractivity contribution in [2.75, 3.05) is 0 Å². The van der Waals surface area contributed by atoms with E-state index in [2.05, 4.69) is 4.98 Å². The maximum atomic E-state index is 12.7. The van der Waals surface area contributed by atoms with E-state index in [0.717, 1.165) is 16.8 Å². The number of nitrogens with two attached hydrogens (primary N) is 1. The zero-order valence-electron chi connectivity index (χ0n) is 8.86. The average molecular weight is 216 g/mol. The van der Waals surface area contributed by atoms with Crippen molar-refractivity contribution in [3.63, 3.8) is 0 Å². The lowest BCUT2D eigenvalue weighted by Gasteiger charge is -2.02. The van der Waals surface area contributed by atoms with Gasteiger partial charge in [-0.15, -0.1) is 0 Å². The first-order chi connectivity index (χ1) is 7.78. The smallest absolute Gasteiger partial charge is 0.123 e. The van der Waals surface area contributed by atoms with Gasteiger partial charge in [0.25, 0.3) is 0 Å². The third-order valence-electron chi connectivity index (χ3n) is 2.42. The van der Waals surface area contributed by atoms with Crippen molar-refractivity contribution in [2.24, 2.45) is 5.73 Å². The van der Waals surface area contributed by atoms with Gasteiger partial charge in [0, 0.05) is 24.9 Å². The van der Waals surface area contributed by atoms with Crippen molar-refractivity contribution >= 4 is 0 Å². The predicted octanol–water partition coefficient (Wildman–Crippen LogP) is 2.27. The fourth-order valence-corrected chi connectivity index (χ4v) is 1.49. The number of benzene rings is 1. The van der Waals surface area contributed by atoms with E-state index in [1.165, 1.54) is 12.1 Å². The van der Waals surface area contributed by atoms with Crippen LogP contribution in [0.15, 0.2) is 42.6 Å². The fourth-order valence-electron chi connectivity index (χ4n) is 1.49. The lowest BCUT2D eigenvalue weighted by atomic mass is 10.1. The zero-order chi connectivity index (χ0) is 11.4. The number of hydrogen-bond acceptors (Lipinski definition) is 2. The summed E-state index contributed by atoms with van der Waals surface area (Å²) in [6.45, 7) is 0.504. The second-order valence-corrected chi connectivity index (χ2v) is 3.67. The van der Waals surface area contributed by atoms with Crippen LogP contribution in [0.1, 0.15) is 16.8 Å². The summed E-state index contributed by atoms with van der Waals surface area (Å²) < 4.78 is 12.7. The Bertz CT molecular complexity index is 448. The highest BCUT2D eigenvalue weighted by Gasteiger charge is 1.98. The third kappa shape index (κ3) is 2.64. The summed E-state index contributed by atoms with van der Waals surface area (Å²) >= 11 is 0. The number of pyridine rings is 1. The summed E-state index contributed by atoms with van der Waals surface area (Å²) in [4.78, 5) is 4.29. The van der Waals surface area contributed by atoms with Crippen LogP contribution < -0.4 is 5.73 Å². The first-order valence-corrected chi connectivity index (χ1v) is 5.16. The van der Waals surface area contributed by atoms with Crippen LogP contribution in [0.2, 0.25) is 0 Å². The van der Waals surface area contributed by atoms with E-state index in [4.69, 9.17) is 5.73 Å². The summed E-state index contributed by atoms with van der Waals surface area (Å²) in [5.74, 6) is -0.213. The Morgan fingerprint density at radius 1 is 1.00 bits per heavy atom. The highest BCUT2D eigenvalue weighted by Crippen LogP contribution is 2.09. The third-order valence-corrected chi connectivity index (χ3v) is 2.42. The van der Waals surface area contributed by atoms with Crippen LogP contribution in [-0.2, 0) is 13.0 Å². The molecule has 3 heteroatoms. The molecule has 0 aliphatic carbocycles. The molecule has 16 heavy (non-hydrogen) atoms. The highest BCUT2D eigenvalue weighted by molar-refractivity contribution is 5.23. The van der Waals surface area contributed by atoms with Crippen LogP contribution in [0.25, 0.3) is 0 Å². The van der Waals surface area contributed by atoms with Crippen LogP contribution in [-0.4, -0.2) is 4.98 Å². The molecule has 0 aliphatic rings. The Labute approximate surface area is 93.9 Å². The topological polar surface area (TPSA) is 38.9 Å². The molecule has 0 spiro atoms. The van der Waals surface area contributed by atoms with Gasteiger partial charge in [-0.3, -0.25) is 4.98 Å². The molecule has 2 nitrogen and oxygen atoms in total. The first kappa shape index (κ1) is 10.8. The van der Waals surface area contributed by atoms with Gasteiger partial charge in [0.1, 0.15) is 5.82 Å². The maximum Gasteiger partial charge on any atom is 0.123 e. The molecule has 0 bridgehead atoms. The normalized spacial score (nSPS) is 10.4. The van der Waals surface area contributed by atoms with Gasteiger partial charge >= 0.3 is 0 Å². The summed E-state index contributed by atoms with van der Waals surface area (Å²) in [6, 6.07) is 10.4. The number of halogens is 1. The van der Waals surface area contributed by atoms with Gasteiger partial charge in [0.15, 0.2) is 0 Å². The quantitative estimate of drug-likeness (QED) is 0.854. The van der Waals surface area contributed by atoms with Crippen LogP contribution in [0.5, 0.6) is 0 Å². The molecule has 2 aromatic rings. The van der Waals surface area contributed by atoms with E-state index < -0.39 is 0 Å².